The lowest BCUT2D eigenvalue weighted by molar-refractivity contribution is 0.415. The molecule has 0 heterocycles. The van der Waals surface area contributed by atoms with Crippen LogP contribution in [-0.2, 0) is 0 Å². The Labute approximate surface area is 88.3 Å². The van der Waals surface area contributed by atoms with Gasteiger partial charge in [0, 0.05) is 5.69 Å². The smallest absolute Gasteiger partial charge is 0.137 e. The molecule has 0 aliphatic carbocycles. The van der Waals surface area contributed by atoms with Gasteiger partial charge < -0.3 is 10.1 Å². The summed E-state index contributed by atoms with van der Waals surface area (Å²) in [5, 5.41) is 11.9. The summed E-state index contributed by atoms with van der Waals surface area (Å²) in [6.45, 7) is 2.20. The summed E-state index contributed by atoms with van der Waals surface area (Å²) in [5.41, 5.74) is 1.86. The first-order valence-corrected chi connectivity index (χ1v) is 4.51. The SMILES string of the molecule is COc1cc(C)c(NCC#N)cc1Cl. The fraction of sp³-hybridized carbons (Fsp3) is 0.300. The van der Waals surface area contributed by atoms with Crippen LogP contribution in [0.3, 0.4) is 0 Å². The summed E-state index contributed by atoms with van der Waals surface area (Å²) in [7, 11) is 1.57. The molecule has 0 spiro atoms. The van der Waals surface area contributed by atoms with E-state index < -0.39 is 0 Å². The number of anilines is 1. The quantitative estimate of drug-likeness (QED) is 0.780. The third kappa shape index (κ3) is 2.30. The van der Waals surface area contributed by atoms with E-state index in [1.165, 1.54) is 0 Å². The summed E-state index contributed by atoms with van der Waals surface area (Å²) in [4.78, 5) is 0. The van der Waals surface area contributed by atoms with Gasteiger partial charge in [-0.3, -0.25) is 0 Å². The van der Waals surface area contributed by atoms with E-state index in [0.29, 0.717) is 10.8 Å². The number of rotatable bonds is 3. The number of ether oxygens (including phenoxy) is 1. The van der Waals surface area contributed by atoms with Crippen LogP contribution in [-0.4, -0.2) is 13.7 Å². The number of benzene rings is 1. The zero-order valence-electron chi connectivity index (χ0n) is 8.10. The average molecular weight is 211 g/mol. The van der Waals surface area contributed by atoms with Crippen LogP contribution < -0.4 is 10.1 Å². The number of nitrogens with zero attached hydrogens (tertiary/aromatic N) is 1. The molecule has 1 aromatic rings. The molecule has 0 aliphatic heterocycles. The van der Waals surface area contributed by atoms with Crippen molar-refractivity contribution in [3.8, 4) is 11.8 Å². The number of methoxy groups -OCH3 is 1. The fourth-order valence-electron chi connectivity index (χ4n) is 1.14. The Hall–Kier alpha value is -1.40. The predicted octanol–water partition coefficient (Wildman–Crippen LogP) is 2.59. The Morgan fingerprint density at radius 1 is 1.57 bits per heavy atom. The molecule has 0 atom stereocenters. The molecule has 0 amide bonds. The van der Waals surface area contributed by atoms with Crippen LogP contribution in [0.5, 0.6) is 5.75 Å². The highest BCUT2D eigenvalue weighted by atomic mass is 35.5. The molecule has 0 unspecified atom stereocenters. The third-order valence-electron chi connectivity index (χ3n) is 1.86. The van der Waals surface area contributed by atoms with Crippen molar-refractivity contribution in [2.45, 2.75) is 6.92 Å². The third-order valence-corrected chi connectivity index (χ3v) is 2.15. The lowest BCUT2D eigenvalue weighted by Crippen LogP contribution is -2.00. The minimum Gasteiger partial charge on any atom is -0.495 e. The van der Waals surface area contributed by atoms with Crippen molar-refractivity contribution in [1.82, 2.24) is 0 Å². The highest BCUT2D eigenvalue weighted by Gasteiger charge is 2.05. The van der Waals surface area contributed by atoms with Crippen molar-refractivity contribution < 1.29 is 4.74 Å². The van der Waals surface area contributed by atoms with Gasteiger partial charge in [0.2, 0.25) is 0 Å². The Morgan fingerprint density at radius 3 is 2.86 bits per heavy atom. The molecule has 0 saturated heterocycles. The summed E-state index contributed by atoms with van der Waals surface area (Å²) in [6, 6.07) is 5.60. The van der Waals surface area contributed by atoms with Crippen LogP contribution in [0.15, 0.2) is 12.1 Å². The Kier molecular flexibility index (Phi) is 3.61. The number of halogens is 1. The monoisotopic (exact) mass is 210 g/mol. The zero-order valence-corrected chi connectivity index (χ0v) is 8.85. The van der Waals surface area contributed by atoms with Crippen LogP contribution in [0.2, 0.25) is 5.02 Å². The van der Waals surface area contributed by atoms with E-state index in [9.17, 15) is 0 Å². The van der Waals surface area contributed by atoms with E-state index in [1.807, 2.05) is 19.1 Å². The minimum atomic E-state index is 0.267. The average Bonchev–Trinajstić information content (AvgIpc) is 2.18. The van der Waals surface area contributed by atoms with Crippen molar-refractivity contribution in [3.63, 3.8) is 0 Å². The molecule has 1 N–H and O–H groups in total. The first kappa shape index (κ1) is 10.7. The maximum absolute atomic E-state index is 8.42. The lowest BCUT2D eigenvalue weighted by atomic mass is 10.2. The van der Waals surface area contributed by atoms with E-state index in [2.05, 4.69) is 5.32 Å². The first-order chi connectivity index (χ1) is 6.69. The van der Waals surface area contributed by atoms with E-state index >= 15 is 0 Å². The highest BCUT2D eigenvalue weighted by molar-refractivity contribution is 6.32. The van der Waals surface area contributed by atoms with E-state index in [-0.39, 0.29) is 6.54 Å². The van der Waals surface area contributed by atoms with Gasteiger partial charge in [0.25, 0.3) is 0 Å². The molecular weight excluding hydrogens is 200 g/mol. The maximum atomic E-state index is 8.42. The number of nitriles is 1. The lowest BCUT2D eigenvalue weighted by Gasteiger charge is -2.10. The molecule has 4 heteroatoms. The van der Waals surface area contributed by atoms with Crippen LogP contribution in [0.25, 0.3) is 0 Å². The summed E-state index contributed by atoms with van der Waals surface area (Å²) in [6.07, 6.45) is 0. The summed E-state index contributed by atoms with van der Waals surface area (Å²) in [5.74, 6) is 0.645. The molecular formula is C10H11ClN2O. The van der Waals surface area contributed by atoms with Crippen molar-refractivity contribution in [2.75, 3.05) is 19.0 Å². The van der Waals surface area contributed by atoms with E-state index in [1.54, 1.807) is 13.2 Å². The van der Waals surface area contributed by atoms with Gasteiger partial charge in [-0.15, -0.1) is 0 Å². The maximum Gasteiger partial charge on any atom is 0.137 e. The van der Waals surface area contributed by atoms with E-state index in [0.717, 1.165) is 11.3 Å². The molecule has 3 nitrogen and oxygen atoms in total. The van der Waals surface area contributed by atoms with Crippen molar-refractivity contribution >= 4 is 17.3 Å². The Bertz CT molecular complexity index is 371. The van der Waals surface area contributed by atoms with Crippen molar-refractivity contribution in [1.29, 1.82) is 5.26 Å². The van der Waals surface area contributed by atoms with Gasteiger partial charge in [-0.05, 0) is 24.6 Å². The number of aryl methyl sites for hydroxylation is 1. The topological polar surface area (TPSA) is 45.0 Å². The second-order valence-electron chi connectivity index (χ2n) is 2.81. The van der Waals surface area contributed by atoms with Gasteiger partial charge in [0.05, 0.1) is 18.2 Å². The van der Waals surface area contributed by atoms with Gasteiger partial charge in [-0.2, -0.15) is 5.26 Å². The Balaban J connectivity index is 2.97. The highest BCUT2D eigenvalue weighted by Crippen LogP contribution is 2.30. The van der Waals surface area contributed by atoms with Crippen LogP contribution in [0, 0.1) is 18.3 Å². The normalized spacial score (nSPS) is 9.29. The van der Waals surface area contributed by atoms with Crippen molar-refractivity contribution in [3.05, 3.63) is 22.7 Å². The zero-order chi connectivity index (χ0) is 10.6. The van der Waals surface area contributed by atoms with Gasteiger partial charge >= 0.3 is 0 Å². The second kappa shape index (κ2) is 4.73. The van der Waals surface area contributed by atoms with E-state index in [4.69, 9.17) is 21.6 Å². The number of hydrogen-bond donors (Lipinski definition) is 1. The number of hydrogen-bond acceptors (Lipinski definition) is 3. The van der Waals surface area contributed by atoms with Crippen molar-refractivity contribution in [2.24, 2.45) is 0 Å². The molecule has 0 bridgehead atoms. The molecule has 1 aromatic carbocycles. The molecule has 74 valence electrons. The van der Waals surface area contributed by atoms with Crippen LogP contribution in [0.1, 0.15) is 5.56 Å². The molecule has 0 aliphatic rings. The standard InChI is InChI=1S/C10H11ClN2O/c1-7-5-10(14-2)8(11)6-9(7)13-4-3-12/h5-6,13H,4H2,1-2H3. The van der Waals surface area contributed by atoms with Gasteiger partial charge in [0.1, 0.15) is 12.3 Å². The first-order valence-electron chi connectivity index (χ1n) is 4.14. The van der Waals surface area contributed by atoms with Crippen LogP contribution >= 0.6 is 11.6 Å². The number of nitrogens with one attached hydrogen (secondary N) is 1. The molecule has 0 fully saturated rings. The molecule has 0 aromatic heterocycles. The van der Waals surface area contributed by atoms with Crippen LogP contribution in [0.4, 0.5) is 5.69 Å². The summed E-state index contributed by atoms with van der Waals surface area (Å²) >= 11 is 5.93. The predicted molar refractivity (Wildman–Crippen MR) is 56.8 cm³/mol. The fourth-order valence-corrected chi connectivity index (χ4v) is 1.38. The minimum absolute atomic E-state index is 0.267. The Morgan fingerprint density at radius 2 is 2.29 bits per heavy atom. The van der Waals surface area contributed by atoms with Gasteiger partial charge in [0.15, 0.2) is 0 Å². The molecule has 1 rings (SSSR count). The largest absolute Gasteiger partial charge is 0.495 e. The summed E-state index contributed by atoms with van der Waals surface area (Å²) < 4.78 is 5.06. The van der Waals surface area contributed by atoms with Gasteiger partial charge in [-0.1, -0.05) is 11.6 Å². The molecule has 0 radical (unpaired) electrons. The second-order valence-corrected chi connectivity index (χ2v) is 3.22. The molecule has 0 saturated carbocycles. The van der Waals surface area contributed by atoms with Gasteiger partial charge in [-0.25, -0.2) is 0 Å². The molecule has 14 heavy (non-hydrogen) atoms.